The van der Waals surface area contributed by atoms with Crippen LogP contribution in [0, 0.1) is 22.6 Å². The Morgan fingerprint density at radius 3 is 2.66 bits per heavy atom. The minimum Gasteiger partial charge on any atom is -0.336 e. The summed E-state index contributed by atoms with van der Waals surface area (Å²) in [6, 6.07) is 5.39. The summed E-state index contributed by atoms with van der Waals surface area (Å²) in [6.07, 6.45) is 2.56. The minimum atomic E-state index is -0.930. The quantitative estimate of drug-likeness (QED) is 0.700. The normalized spacial score (nSPS) is 20.4. The predicted molar refractivity (Wildman–Crippen MR) is 125 cm³/mol. The number of amidine groups is 1. The molecule has 0 saturated carbocycles. The Kier molecular flexibility index (Phi) is 6.99. The van der Waals surface area contributed by atoms with Crippen molar-refractivity contribution in [2.24, 2.45) is 10.4 Å². The number of likely N-dealkylation sites (tertiary alicyclic amines) is 1. The summed E-state index contributed by atoms with van der Waals surface area (Å²) in [7, 11) is 0. The molecule has 1 saturated heterocycles. The van der Waals surface area contributed by atoms with Gasteiger partial charge in [0.1, 0.15) is 23.2 Å². The van der Waals surface area contributed by atoms with E-state index in [0.29, 0.717) is 30.4 Å². The Balaban J connectivity index is 0.00000289. The van der Waals surface area contributed by atoms with Gasteiger partial charge in [0.05, 0.1) is 11.6 Å². The molecule has 3 rings (SSSR count). The van der Waals surface area contributed by atoms with Crippen LogP contribution in [0.2, 0.25) is 0 Å². The molecule has 1 aromatic rings. The standard InChI is InChI=1S/C24H32FN5O2.2H2/c1-5-10-30-11-8-24(15-26,9-12-30)29-22(32)19(14-23(2,3)4)27-20-18-13-16(25)6-7-17(18)21(31)28-20;;/h6-7,13,19H,5,8-12,14H2,1-4H3,(H,29,32)(H,27,28,31);2*1H/t19-;;/m0../s1. The number of fused-ring (bicyclic) bond motifs is 1. The van der Waals surface area contributed by atoms with Crippen LogP contribution in [0.15, 0.2) is 23.2 Å². The van der Waals surface area contributed by atoms with E-state index in [0.717, 1.165) is 26.1 Å². The fraction of sp³-hybridized carbons (Fsp3) is 0.583. The van der Waals surface area contributed by atoms with E-state index in [1.54, 1.807) is 0 Å². The molecule has 0 aliphatic carbocycles. The lowest BCUT2D eigenvalue weighted by molar-refractivity contribution is -0.124. The van der Waals surface area contributed by atoms with Gasteiger partial charge in [-0.2, -0.15) is 5.26 Å². The molecule has 8 heteroatoms. The lowest BCUT2D eigenvalue weighted by atomic mass is 9.85. The van der Waals surface area contributed by atoms with Gasteiger partial charge in [-0.15, -0.1) is 0 Å². The number of nitriles is 1. The van der Waals surface area contributed by atoms with Crippen molar-refractivity contribution in [1.29, 1.82) is 5.26 Å². The minimum absolute atomic E-state index is 0. The average Bonchev–Trinajstić information content (AvgIpc) is 3.03. The van der Waals surface area contributed by atoms with E-state index >= 15 is 0 Å². The van der Waals surface area contributed by atoms with Crippen LogP contribution in [0.1, 0.15) is 72.2 Å². The molecule has 1 atom stereocenters. The van der Waals surface area contributed by atoms with Crippen LogP contribution < -0.4 is 10.6 Å². The molecule has 2 aliphatic heterocycles. The summed E-state index contributed by atoms with van der Waals surface area (Å²) in [5.74, 6) is -1.01. The second-order valence-electron chi connectivity index (χ2n) is 9.93. The van der Waals surface area contributed by atoms with Gasteiger partial charge in [0, 0.05) is 21.5 Å². The largest absolute Gasteiger partial charge is 0.336 e. The van der Waals surface area contributed by atoms with Crippen LogP contribution >= 0.6 is 0 Å². The van der Waals surface area contributed by atoms with Gasteiger partial charge in [-0.25, -0.2) is 4.39 Å². The SMILES string of the molecule is CCCN1CCC(C#N)(NC(=O)[C@H](CC(C)(C)C)N=C2NC(=O)c3ccc(F)cc32)CC1.[HH].[HH]. The van der Waals surface area contributed by atoms with Gasteiger partial charge in [0.25, 0.3) is 5.91 Å². The second kappa shape index (κ2) is 9.37. The third-order valence-electron chi connectivity index (χ3n) is 5.93. The van der Waals surface area contributed by atoms with Gasteiger partial charge in [0.2, 0.25) is 5.91 Å². The molecule has 0 aromatic heterocycles. The number of halogens is 1. The molecule has 2 amide bonds. The molecule has 0 radical (unpaired) electrons. The van der Waals surface area contributed by atoms with Crippen LogP contribution in [0.25, 0.3) is 0 Å². The molecule has 0 unspecified atom stereocenters. The number of carbonyl (C=O) groups excluding carboxylic acids is 2. The number of nitrogens with zero attached hydrogens (tertiary/aromatic N) is 3. The van der Waals surface area contributed by atoms with Crippen molar-refractivity contribution in [2.75, 3.05) is 19.6 Å². The van der Waals surface area contributed by atoms with E-state index in [1.165, 1.54) is 18.2 Å². The van der Waals surface area contributed by atoms with Gasteiger partial charge >= 0.3 is 0 Å². The van der Waals surface area contributed by atoms with E-state index in [4.69, 9.17) is 0 Å². The highest BCUT2D eigenvalue weighted by molar-refractivity contribution is 6.23. The average molecular weight is 446 g/mol. The molecule has 0 bridgehead atoms. The first-order chi connectivity index (χ1) is 15.1. The van der Waals surface area contributed by atoms with Crippen LogP contribution in [0.4, 0.5) is 4.39 Å². The molecular weight excluding hydrogens is 409 g/mol. The third-order valence-corrected chi connectivity index (χ3v) is 5.93. The van der Waals surface area contributed by atoms with E-state index < -0.39 is 17.4 Å². The Hall–Kier alpha value is -2.79. The Bertz CT molecular complexity index is 963. The number of rotatable bonds is 6. The molecule has 2 aliphatic rings. The molecule has 0 spiro atoms. The highest BCUT2D eigenvalue weighted by Crippen LogP contribution is 2.27. The highest BCUT2D eigenvalue weighted by Gasteiger charge is 2.39. The second-order valence-corrected chi connectivity index (χ2v) is 9.93. The van der Waals surface area contributed by atoms with Crippen molar-refractivity contribution in [3.05, 3.63) is 35.1 Å². The molecule has 1 aromatic carbocycles. The van der Waals surface area contributed by atoms with Crippen molar-refractivity contribution in [2.45, 2.75) is 65.0 Å². The summed E-state index contributed by atoms with van der Waals surface area (Å²) < 4.78 is 13.8. The molecule has 32 heavy (non-hydrogen) atoms. The van der Waals surface area contributed by atoms with Gasteiger partial charge < -0.3 is 15.5 Å². The summed E-state index contributed by atoms with van der Waals surface area (Å²) in [4.78, 5) is 32.5. The van der Waals surface area contributed by atoms with Crippen molar-refractivity contribution < 1.29 is 16.8 Å². The lowest BCUT2D eigenvalue weighted by Gasteiger charge is -2.38. The van der Waals surface area contributed by atoms with Gasteiger partial charge in [-0.05, 0) is 55.8 Å². The first-order valence-electron chi connectivity index (χ1n) is 11.2. The molecule has 7 nitrogen and oxygen atoms in total. The first kappa shape index (κ1) is 23.9. The highest BCUT2D eigenvalue weighted by atomic mass is 19.1. The molecule has 176 valence electrons. The fourth-order valence-electron chi connectivity index (χ4n) is 4.25. The Labute approximate surface area is 192 Å². The summed E-state index contributed by atoms with van der Waals surface area (Å²) in [5.41, 5.74) is -0.480. The number of benzene rings is 1. The van der Waals surface area contributed by atoms with Crippen molar-refractivity contribution >= 4 is 17.6 Å². The van der Waals surface area contributed by atoms with Crippen LogP contribution in [0.3, 0.4) is 0 Å². The summed E-state index contributed by atoms with van der Waals surface area (Å²) in [6.45, 7) is 10.6. The van der Waals surface area contributed by atoms with Crippen molar-refractivity contribution in [3.63, 3.8) is 0 Å². The number of piperidine rings is 1. The number of aliphatic imine (C=N–C) groups is 1. The number of nitrogens with one attached hydrogen (secondary N) is 2. The molecule has 2 N–H and O–H groups in total. The molecule has 1 fully saturated rings. The van der Waals surface area contributed by atoms with Crippen molar-refractivity contribution in [3.8, 4) is 6.07 Å². The van der Waals surface area contributed by atoms with E-state index in [2.05, 4.69) is 33.5 Å². The van der Waals surface area contributed by atoms with Gasteiger partial charge in [0.15, 0.2) is 0 Å². The zero-order valence-corrected chi connectivity index (χ0v) is 19.3. The topological polar surface area (TPSA) is 97.6 Å². The zero-order chi connectivity index (χ0) is 23.5. The van der Waals surface area contributed by atoms with E-state index in [9.17, 15) is 19.2 Å². The predicted octanol–water partition coefficient (Wildman–Crippen LogP) is 3.50. The van der Waals surface area contributed by atoms with Crippen LogP contribution in [0.5, 0.6) is 0 Å². The summed E-state index contributed by atoms with van der Waals surface area (Å²) >= 11 is 0. The first-order valence-corrected chi connectivity index (χ1v) is 11.2. The monoisotopic (exact) mass is 445 g/mol. The van der Waals surface area contributed by atoms with Crippen LogP contribution in [-0.4, -0.2) is 53.8 Å². The Morgan fingerprint density at radius 1 is 1.38 bits per heavy atom. The Morgan fingerprint density at radius 2 is 2.06 bits per heavy atom. The maximum Gasteiger partial charge on any atom is 0.257 e. The van der Waals surface area contributed by atoms with Gasteiger partial charge in [-0.1, -0.05) is 27.7 Å². The fourth-order valence-corrected chi connectivity index (χ4v) is 4.25. The number of carbonyl (C=O) groups is 2. The molecule has 2 heterocycles. The van der Waals surface area contributed by atoms with Crippen molar-refractivity contribution in [1.82, 2.24) is 15.5 Å². The number of hydrogen-bond donors (Lipinski definition) is 2. The summed E-state index contributed by atoms with van der Waals surface area (Å²) in [5, 5.41) is 15.5. The number of hydrogen-bond acceptors (Lipinski definition) is 5. The maximum absolute atomic E-state index is 13.8. The van der Waals surface area contributed by atoms with E-state index in [-0.39, 0.29) is 25.9 Å². The lowest BCUT2D eigenvalue weighted by Crippen LogP contribution is -2.56. The molecular formula is C24H36FN5O2. The zero-order valence-electron chi connectivity index (χ0n) is 19.3. The smallest absolute Gasteiger partial charge is 0.257 e. The number of amides is 2. The van der Waals surface area contributed by atoms with Crippen LogP contribution in [-0.2, 0) is 4.79 Å². The van der Waals surface area contributed by atoms with E-state index in [1.807, 2.05) is 20.8 Å². The van der Waals surface area contributed by atoms with Gasteiger partial charge in [-0.3, -0.25) is 14.6 Å². The maximum atomic E-state index is 13.8. The third kappa shape index (κ3) is 5.52.